The van der Waals surface area contributed by atoms with Crippen molar-refractivity contribution in [1.82, 2.24) is 9.13 Å². The zero-order valence-electron chi connectivity index (χ0n) is 18.6. The number of benzene rings is 5. The van der Waals surface area contributed by atoms with E-state index in [-0.39, 0.29) is 0 Å². The number of hydrogen-bond donors (Lipinski definition) is 0. The van der Waals surface area contributed by atoms with E-state index in [1.807, 2.05) is 0 Å². The van der Waals surface area contributed by atoms with Crippen LogP contribution in [-0.2, 0) is 0 Å². The number of fused-ring (bicyclic) bond motifs is 4. The highest BCUT2D eigenvalue weighted by atomic mass is 15.0. The van der Waals surface area contributed by atoms with Crippen LogP contribution >= 0.6 is 0 Å². The van der Waals surface area contributed by atoms with Crippen LogP contribution in [0.4, 0.5) is 0 Å². The van der Waals surface area contributed by atoms with Gasteiger partial charge in [0.1, 0.15) is 0 Å². The summed E-state index contributed by atoms with van der Waals surface area (Å²) in [6.07, 6.45) is 2.18. The molecular formula is C32H22N2. The summed E-state index contributed by atoms with van der Waals surface area (Å²) in [5, 5.41) is 3.77. The summed E-state index contributed by atoms with van der Waals surface area (Å²) in [5.41, 5.74) is 8.47. The van der Waals surface area contributed by atoms with E-state index < -0.39 is 0 Å². The predicted octanol–water partition coefficient (Wildman–Crippen LogP) is 8.39. The second-order valence-electron chi connectivity index (χ2n) is 8.66. The summed E-state index contributed by atoms with van der Waals surface area (Å²) >= 11 is 0. The van der Waals surface area contributed by atoms with Gasteiger partial charge in [0.05, 0.1) is 22.2 Å². The fraction of sp³-hybridized carbons (Fsp3) is 0. The Bertz CT molecular complexity index is 1790. The van der Waals surface area contributed by atoms with Crippen molar-refractivity contribution in [3.8, 4) is 22.5 Å². The van der Waals surface area contributed by atoms with Crippen LogP contribution in [-0.4, -0.2) is 9.13 Å². The molecule has 2 aromatic heterocycles. The van der Waals surface area contributed by atoms with E-state index in [0.717, 1.165) is 5.69 Å². The number of para-hydroxylation sites is 4. The van der Waals surface area contributed by atoms with Crippen molar-refractivity contribution in [2.45, 2.75) is 0 Å². The molecule has 160 valence electrons. The SMILES string of the molecule is c1ccc(-c2cccc3c4ccccc4n(-c4cccc5ccn(-c6ccccc6)c45)c23)cc1. The molecule has 2 heterocycles. The Morgan fingerprint density at radius 1 is 0.471 bits per heavy atom. The monoisotopic (exact) mass is 434 g/mol. The second-order valence-corrected chi connectivity index (χ2v) is 8.66. The van der Waals surface area contributed by atoms with E-state index in [1.54, 1.807) is 0 Å². The average Bonchev–Trinajstić information content (AvgIpc) is 3.49. The van der Waals surface area contributed by atoms with Gasteiger partial charge in [0.25, 0.3) is 0 Å². The Labute approximate surface area is 197 Å². The van der Waals surface area contributed by atoms with Gasteiger partial charge in [0.2, 0.25) is 0 Å². The molecular weight excluding hydrogens is 412 g/mol. The standard InChI is InChI=1S/C32H22N2/c1-3-11-23(12-4-1)26-17-10-18-28-27-16-7-8-19-29(27)34(32(26)28)30-20-9-13-24-21-22-33(31(24)30)25-14-5-2-6-15-25/h1-22H. The summed E-state index contributed by atoms with van der Waals surface area (Å²) in [5.74, 6) is 0. The molecule has 0 saturated heterocycles. The lowest BCUT2D eigenvalue weighted by molar-refractivity contribution is 1.10. The van der Waals surface area contributed by atoms with Crippen LogP contribution in [0.25, 0.3) is 55.2 Å². The number of nitrogens with zero attached hydrogens (tertiary/aromatic N) is 2. The lowest BCUT2D eigenvalue weighted by Gasteiger charge is -2.15. The minimum absolute atomic E-state index is 1.16. The third kappa shape index (κ3) is 2.76. The summed E-state index contributed by atoms with van der Waals surface area (Å²) in [6.45, 7) is 0. The molecule has 2 heteroatoms. The fourth-order valence-corrected chi connectivity index (χ4v) is 5.28. The summed E-state index contributed by atoms with van der Waals surface area (Å²) in [4.78, 5) is 0. The van der Waals surface area contributed by atoms with Gasteiger partial charge in [-0.1, -0.05) is 97.1 Å². The average molecular weight is 435 g/mol. The van der Waals surface area contributed by atoms with Crippen LogP contribution < -0.4 is 0 Å². The summed E-state index contributed by atoms with van der Waals surface area (Å²) in [6, 6.07) is 45.5. The lowest BCUT2D eigenvalue weighted by atomic mass is 10.0. The summed E-state index contributed by atoms with van der Waals surface area (Å²) < 4.78 is 4.76. The van der Waals surface area contributed by atoms with Crippen molar-refractivity contribution >= 4 is 32.7 Å². The van der Waals surface area contributed by atoms with Crippen LogP contribution in [0.1, 0.15) is 0 Å². The van der Waals surface area contributed by atoms with Gasteiger partial charge in [-0.3, -0.25) is 0 Å². The molecule has 0 saturated carbocycles. The van der Waals surface area contributed by atoms with E-state index in [4.69, 9.17) is 0 Å². The van der Waals surface area contributed by atoms with Crippen molar-refractivity contribution in [1.29, 1.82) is 0 Å². The smallest absolute Gasteiger partial charge is 0.0771 e. The Kier molecular flexibility index (Phi) is 4.18. The number of aromatic nitrogens is 2. The van der Waals surface area contributed by atoms with Gasteiger partial charge in [-0.15, -0.1) is 0 Å². The third-order valence-corrected chi connectivity index (χ3v) is 6.74. The topological polar surface area (TPSA) is 9.86 Å². The van der Waals surface area contributed by atoms with E-state index >= 15 is 0 Å². The molecule has 0 bridgehead atoms. The molecule has 34 heavy (non-hydrogen) atoms. The van der Waals surface area contributed by atoms with Crippen molar-refractivity contribution < 1.29 is 0 Å². The molecule has 0 unspecified atom stereocenters. The first-order valence-corrected chi connectivity index (χ1v) is 11.6. The summed E-state index contributed by atoms with van der Waals surface area (Å²) in [7, 11) is 0. The molecule has 0 amide bonds. The maximum absolute atomic E-state index is 2.45. The van der Waals surface area contributed by atoms with Gasteiger partial charge in [0.15, 0.2) is 0 Å². The van der Waals surface area contributed by atoms with E-state index in [9.17, 15) is 0 Å². The van der Waals surface area contributed by atoms with Crippen molar-refractivity contribution in [2.75, 3.05) is 0 Å². The van der Waals surface area contributed by atoms with E-state index in [2.05, 4.69) is 143 Å². The normalized spacial score (nSPS) is 11.5. The minimum atomic E-state index is 1.16. The number of rotatable bonds is 3. The zero-order chi connectivity index (χ0) is 22.5. The van der Waals surface area contributed by atoms with Gasteiger partial charge in [0, 0.05) is 33.6 Å². The van der Waals surface area contributed by atoms with Crippen molar-refractivity contribution in [3.63, 3.8) is 0 Å². The van der Waals surface area contributed by atoms with Crippen molar-refractivity contribution in [3.05, 3.63) is 134 Å². The van der Waals surface area contributed by atoms with Crippen LogP contribution in [0, 0.1) is 0 Å². The highest BCUT2D eigenvalue weighted by Gasteiger charge is 2.19. The second kappa shape index (κ2) is 7.50. The van der Waals surface area contributed by atoms with Crippen molar-refractivity contribution in [2.24, 2.45) is 0 Å². The Morgan fingerprint density at radius 3 is 2.03 bits per heavy atom. The van der Waals surface area contributed by atoms with Gasteiger partial charge in [-0.25, -0.2) is 0 Å². The third-order valence-electron chi connectivity index (χ3n) is 6.74. The largest absolute Gasteiger partial charge is 0.315 e. The van der Waals surface area contributed by atoms with Gasteiger partial charge < -0.3 is 9.13 Å². The van der Waals surface area contributed by atoms with Crippen LogP contribution in [0.5, 0.6) is 0 Å². The maximum Gasteiger partial charge on any atom is 0.0771 e. The molecule has 2 nitrogen and oxygen atoms in total. The predicted molar refractivity (Wildman–Crippen MR) is 143 cm³/mol. The molecule has 0 aliphatic rings. The van der Waals surface area contributed by atoms with E-state index in [0.29, 0.717) is 0 Å². The molecule has 7 aromatic rings. The fourth-order valence-electron chi connectivity index (χ4n) is 5.28. The van der Waals surface area contributed by atoms with E-state index in [1.165, 1.54) is 49.5 Å². The first-order chi connectivity index (χ1) is 16.9. The van der Waals surface area contributed by atoms with Crippen LogP contribution in [0.3, 0.4) is 0 Å². The molecule has 0 aliphatic heterocycles. The Morgan fingerprint density at radius 2 is 1.18 bits per heavy atom. The molecule has 0 radical (unpaired) electrons. The Balaban J connectivity index is 1.66. The van der Waals surface area contributed by atoms with Gasteiger partial charge in [-0.2, -0.15) is 0 Å². The molecule has 0 N–H and O–H groups in total. The quantitative estimate of drug-likeness (QED) is 0.264. The minimum Gasteiger partial charge on any atom is -0.315 e. The first-order valence-electron chi connectivity index (χ1n) is 11.6. The molecule has 0 fully saturated rings. The van der Waals surface area contributed by atoms with Gasteiger partial charge in [-0.05, 0) is 35.9 Å². The van der Waals surface area contributed by atoms with Gasteiger partial charge >= 0.3 is 0 Å². The van der Waals surface area contributed by atoms with Crippen LogP contribution in [0.2, 0.25) is 0 Å². The van der Waals surface area contributed by atoms with Crippen LogP contribution in [0.15, 0.2) is 134 Å². The molecule has 5 aromatic carbocycles. The lowest BCUT2D eigenvalue weighted by Crippen LogP contribution is -2.00. The molecule has 7 rings (SSSR count). The molecule has 0 atom stereocenters. The highest BCUT2D eigenvalue weighted by Crippen LogP contribution is 2.39. The Hall–Kier alpha value is -4.56. The zero-order valence-corrected chi connectivity index (χ0v) is 18.6. The molecule has 0 spiro atoms. The first kappa shape index (κ1) is 19.0. The number of hydrogen-bond acceptors (Lipinski definition) is 0. The highest BCUT2D eigenvalue weighted by molar-refractivity contribution is 6.14. The molecule has 0 aliphatic carbocycles. The maximum atomic E-state index is 2.45.